The van der Waals surface area contributed by atoms with Crippen LogP contribution in [0, 0.1) is 0 Å². The maximum absolute atomic E-state index is 13.2. The number of halogens is 1. The Morgan fingerprint density at radius 1 is 1.08 bits per heavy atom. The van der Waals surface area contributed by atoms with Crippen molar-refractivity contribution in [2.75, 3.05) is 0 Å². The monoisotopic (exact) mass is 342 g/mol. The molecule has 1 heterocycles. The van der Waals surface area contributed by atoms with E-state index in [0.29, 0.717) is 11.4 Å². The van der Waals surface area contributed by atoms with Crippen molar-refractivity contribution in [2.45, 2.75) is 31.8 Å². The fraction of sp³-hybridized carbons (Fsp3) is 0.263. The highest BCUT2D eigenvalue weighted by atomic mass is 35.5. The number of imide groups is 1. The number of carbonyl (C=O) groups excluding carboxylic acids is 2. The normalized spacial score (nSPS) is 21.7. The lowest BCUT2D eigenvalue weighted by atomic mass is 9.87. The van der Waals surface area contributed by atoms with Gasteiger partial charge in [0.25, 0.3) is 5.91 Å². The number of nitrogens with zero attached hydrogens (tertiary/aromatic N) is 1. The van der Waals surface area contributed by atoms with E-state index in [-0.39, 0.29) is 5.91 Å². The molecule has 4 nitrogen and oxygen atoms in total. The third-order valence-electron chi connectivity index (χ3n) is 4.66. The molecule has 2 aromatic rings. The van der Waals surface area contributed by atoms with Crippen LogP contribution in [0.1, 0.15) is 37.4 Å². The summed E-state index contributed by atoms with van der Waals surface area (Å²) in [6, 6.07) is 15.8. The molecular formula is C19H19ClN2O2. The van der Waals surface area contributed by atoms with E-state index in [0.717, 1.165) is 11.1 Å². The second kappa shape index (κ2) is 6.29. The van der Waals surface area contributed by atoms with Crippen LogP contribution in [0.25, 0.3) is 0 Å². The van der Waals surface area contributed by atoms with Crippen molar-refractivity contribution in [1.29, 1.82) is 0 Å². The molecule has 1 aliphatic rings. The van der Waals surface area contributed by atoms with Crippen LogP contribution in [-0.2, 0) is 10.3 Å². The first-order valence-corrected chi connectivity index (χ1v) is 8.35. The lowest BCUT2D eigenvalue weighted by Gasteiger charge is -2.27. The summed E-state index contributed by atoms with van der Waals surface area (Å²) >= 11 is 6.25. The van der Waals surface area contributed by atoms with Crippen LogP contribution in [0.3, 0.4) is 0 Å². The van der Waals surface area contributed by atoms with Crippen LogP contribution in [0.4, 0.5) is 4.79 Å². The summed E-state index contributed by atoms with van der Waals surface area (Å²) < 4.78 is 0. The van der Waals surface area contributed by atoms with E-state index in [2.05, 4.69) is 5.32 Å². The van der Waals surface area contributed by atoms with Crippen LogP contribution in [0.5, 0.6) is 0 Å². The molecule has 0 radical (unpaired) electrons. The van der Waals surface area contributed by atoms with Gasteiger partial charge in [-0.1, -0.05) is 67.1 Å². The molecule has 3 rings (SSSR count). The zero-order valence-corrected chi connectivity index (χ0v) is 14.4. The third kappa shape index (κ3) is 2.47. The highest BCUT2D eigenvalue weighted by Crippen LogP contribution is 2.37. The van der Waals surface area contributed by atoms with Gasteiger partial charge < -0.3 is 5.32 Å². The first-order chi connectivity index (χ1) is 11.5. The molecule has 3 amide bonds. The van der Waals surface area contributed by atoms with Crippen LogP contribution in [0.15, 0.2) is 54.6 Å². The van der Waals surface area contributed by atoms with Crippen molar-refractivity contribution < 1.29 is 9.59 Å². The summed E-state index contributed by atoms with van der Waals surface area (Å²) in [6.07, 6.45) is 0.479. The quantitative estimate of drug-likeness (QED) is 0.844. The number of rotatable bonds is 4. The lowest BCUT2D eigenvalue weighted by molar-refractivity contribution is -0.133. The van der Waals surface area contributed by atoms with Gasteiger partial charge in [0.05, 0.1) is 6.04 Å². The molecule has 1 saturated heterocycles. The largest absolute Gasteiger partial charge is 0.325 e. The van der Waals surface area contributed by atoms with Crippen LogP contribution < -0.4 is 5.32 Å². The van der Waals surface area contributed by atoms with E-state index >= 15 is 0 Å². The Morgan fingerprint density at radius 3 is 2.33 bits per heavy atom. The van der Waals surface area contributed by atoms with Crippen molar-refractivity contribution in [1.82, 2.24) is 10.2 Å². The molecule has 1 N–H and O–H groups in total. The summed E-state index contributed by atoms with van der Waals surface area (Å²) in [5.41, 5.74) is 0.524. The highest BCUT2D eigenvalue weighted by molar-refractivity contribution is 6.31. The predicted octanol–water partition coefficient (Wildman–Crippen LogP) is 4.26. The topological polar surface area (TPSA) is 49.4 Å². The average molecular weight is 343 g/mol. The highest BCUT2D eigenvalue weighted by Gasteiger charge is 2.52. The molecule has 0 bridgehead atoms. The van der Waals surface area contributed by atoms with Crippen LogP contribution in [-0.4, -0.2) is 16.8 Å². The Kier molecular flexibility index (Phi) is 4.33. The molecule has 24 heavy (non-hydrogen) atoms. The molecular weight excluding hydrogens is 324 g/mol. The summed E-state index contributed by atoms with van der Waals surface area (Å²) in [7, 11) is 0. The number of amides is 3. The van der Waals surface area contributed by atoms with Gasteiger partial charge >= 0.3 is 6.03 Å². The molecule has 0 aromatic heterocycles. The van der Waals surface area contributed by atoms with Crippen LogP contribution in [0.2, 0.25) is 5.02 Å². The van der Waals surface area contributed by atoms with Gasteiger partial charge in [-0.15, -0.1) is 0 Å². The summed E-state index contributed by atoms with van der Waals surface area (Å²) in [5.74, 6) is -0.242. The van der Waals surface area contributed by atoms with Gasteiger partial charge in [0.2, 0.25) is 0 Å². The summed E-state index contributed by atoms with van der Waals surface area (Å²) in [5, 5.41) is 3.44. The van der Waals surface area contributed by atoms with E-state index < -0.39 is 17.6 Å². The Labute approximate surface area is 146 Å². The molecule has 0 spiro atoms. The number of urea groups is 1. The second-order valence-electron chi connectivity index (χ2n) is 5.93. The molecule has 2 atom stereocenters. The summed E-state index contributed by atoms with van der Waals surface area (Å²) in [4.78, 5) is 27.1. The van der Waals surface area contributed by atoms with Gasteiger partial charge in [-0.25, -0.2) is 4.79 Å². The van der Waals surface area contributed by atoms with Crippen molar-refractivity contribution in [3.8, 4) is 0 Å². The van der Waals surface area contributed by atoms with Crippen molar-refractivity contribution in [3.63, 3.8) is 0 Å². The van der Waals surface area contributed by atoms with E-state index in [1.807, 2.05) is 62.4 Å². The number of nitrogens with one attached hydrogen (secondary N) is 1. The molecule has 124 valence electrons. The molecule has 1 aliphatic heterocycles. The maximum Gasteiger partial charge on any atom is 0.325 e. The van der Waals surface area contributed by atoms with E-state index in [4.69, 9.17) is 11.6 Å². The van der Waals surface area contributed by atoms with Gasteiger partial charge in [0, 0.05) is 5.02 Å². The zero-order valence-electron chi connectivity index (χ0n) is 13.6. The number of hydrogen-bond acceptors (Lipinski definition) is 2. The fourth-order valence-electron chi connectivity index (χ4n) is 3.26. The molecule has 0 aliphatic carbocycles. The molecule has 1 fully saturated rings. The van der Waals surface area contributed by atoms with Crippen molar-refractivity contribution >= 4 is 23.5 Å². The van der Waals surface area contributed by atoms with Gasteiger partial charge in [-0.05, 0) is 30.5 Å². The minimum Gasteiger partial charge on any atom is -0.319 e. The van der Waals surface area contributed by atoms with E-state index in [1.54, 1.807) is 6.07 Å². The average Bonchev–Trinajstić information content (AvgIpc) is 2.86. The number of hydrogen-bond donors (Lipinski definition) is 1. The molecule has 5 heteroatoms. The van der Waals surface area contributed by atoms with Crippen LogP contribution >= 0.6 is 11.6 Å². The number of carbonyl (C=O) groups is 2. The SMILES string of the molecule is CC[C@@]1(c2ccccc2)NC(=O)N([C@@H](C)c2ccccc2Cl)C1=O. The zero-order chi connectivity index (χ0) is 17.3. The third-order valence-corrected chi connectivity index (χ3v) is 5.01. The van der Waals surface area contributed by atoms with Gasteiger partial charge in [0.15, 0.2) is 0 Å². The van der Waals surface area contributed by atoms with E-state index in [9.17, 15) is 9.59 Å². The fourth-order valence-corrected chi connectivity index (χ4v) is 3.55. The Bertz CT molecular complexity index is 778. The van der Waals surface area contributed by atoms with Crippen molar-refractivity contribution in [3.05, 3.63) is 70.7 Å². The Morgan fingerprint density at radius 2 is 1.71 bits per heavy atom. The smallest absolute Gasteiger partial charge is 0.319 e. The molecule has 0 saturated carbocycles. The minimum absolute atomic E-state index is 0.242. The van der Waals surface area contributed by atoms with Gasteiger partial charge in [-0.3, -0.25) is 9.69 Å². The Balaban J connectivity index is 2.02. The first-order valence-electron chi connectivity index (χ1n) is 7.97. The molecule has 0 unspecified atom stereocenters. The molecule has 2 aromatic carbocycles. The Hall–Kier alpha value is -2.33. The number of benzene rings is 2. The first kappa shape index (κ1) is 16.5. The van der Waals surface area contributed by atoms with E-state index in [1.165, 1.54) is 4.90 Å². The van der Waals surface area contributed by atoms with Crippen molar-refractivity contribution in [2.24, 2.45) is 0 Å². The lowest BCUT2D eigenvalue weighted by Crippen LogP contribution is -2.43. The second-order valence-corrected chi connectivity index (χ2v) is 6.33. The van der Waals surface area contributed by atoms with Gasteiger partial charge in [-0.2, -0.15) is 0 Å². The predicted molar refractivity (Wildman–Crippen MR) is 93.7 cm³/mol. The maximum atomic E-state index is 13.2. The standard InChI is InChI=1S/C19H19ClN2O2/c1-3-19(14-9-5-4-6-10-14)17(23)22(18(24)21-19)13(2)15-11-7-8-12-16(15)20/h4-13H,3H2,1-2H3,(H,21,24)/t13-,19-/m0/s1. The minimum atomic E-state index is -1.02. The van der Waals surface area contributed by atoms with Gasteiger partial charge in [0.1, 0.15) is 5.54 Å². The summed E-state index contributed by atoms with van der Waals surface area (Å²) in [6.45, 7) is 3.71.